The van der Waals surface area contributed by atoms with Gasteiger partial charge in [0.25, 0.3) is 0 Å². The van der Waals surface area contributed by atoms with Gasteiger partial charge in [0.2, 0.25) is 0 Å². The summed E-state index contributed by atoms with van der Waals surface area (Å²) in [6, 6.07) is 50.7. The van der Waals surface area contributed by atoms with Gasteiger partial charge in [-0.25, -0.2) is 0 Å². The maximum Gasteiger partial charge on any atom is 0.115 e. The predicted octanol–water partition coefficient (Wildman–Crippen LogP) is 7.63. The third kappa shape index (κ3) is 9.79. The molecule has 3 nitrogen and oxygen atoms in total. The summed E-state index contributed by atoms with van der Waals surface area (Å²) in [5, 5.41) is 0. The molecule has 0 aliphatic carbocycles. The minimum atomic E-state index is 0. The summed E-state index contributed by atoms with van der Waals surface area (Å²) in [7, 11) is 3.89. The molecule has 197 valence electrons. The van der Waals surface area contributed by atoms with Gasteiger partial charge in [-0.2, -0.15) is 0 Å². The summed E-state index contributed by atoms with van der Waals surface area (Å²) in [5.74, 6) is 0. The van der Waals surface area contributed by atoms with Crippen LogP contribution in [0.4, 0.5) is 0 Å². The second kappa shape index (κ2) is 17.2. The molecule has 0 fully saturated rings. The van der Waals surface area contributed by atoms with Gasteiger partial charge >= 0.3 is 0 Å². The molecule has 3 heterocycles. The Labute approximate surface area is 246 Å². The molecule has 0 aliphatic heterocycles. The van der Waals surface area contributed by atoms with Crippen LogP contribution >= 0.6 is 0 Å². The van der Waals surface area contributed by atoms with E-state index in [2.05, 4.69) is 35.2 Å². The van der Waals surface area contributed by atoms with E-state index in [4.69, 9.17) is 0 Å². The quantitative estimate of drug-likeness (QED) is 0.142. The zero-order valence-electron chi connectivity index (χ0n) is 21.7. The van der Waals surface area contributed by atoms with Gasteiger partial charge in [-0.15, -0.1) is 102 Å². The Morgan fingerprint density at radius 2 is 0.949 bits per heavy atom. The molecule has 0 spiro atoms. The molecule has 0 atom stereocenters. The summed E-state index contributed by atoms with van der Waals surface area (Å²) < 4.78 is 1.84. The van der Waals surface area contributed by atoms with Crippen molar-refractivity contribution < 1.29 is 24.7 Å². The van der Waals surface area contributed by atoms with Crippen LogP contribution in [0.1, 0.15) is 0 Å². The maximum atomic E-state index is 4.22. The van der Waals surface area contributed by atoms with Crippen molar-refractivity contribution in [1.29, 1.82) is 0 Å². The van der Waals surface area contributed by atoms with Crippen LogP contribution in [0.25, 0.3) is 33.8 Å². The molecule has 0 saturated carbocycles. The third-order valence-corrected chi connectivity index (χ3v) is 5.23. The molecular weight excluding hydrogens is 655 g/mol. The van der Waals surface area contributed by atoms with E-state index < -0.39 is 0 Å². The Morgan fingerprint density at radius 3 is 1.33 bits per heavy atom. The van der Waals surface area contributed by atoms with Gasteiger partial charge in [-0.1, -0.05) is 42.0 Å². The van der Waals surface area contributed by atoms with E-state index in [1.165, 1.54) is 0 Å². The summed E-state index contributed by atoms with van der Waals surface area (Å²) in [6.07, 6.45) is 5.50. The minimum Gasteiger partial charge on any atom is -0.358 e. The number of pyridine rings is 3. The molecule has 1 radical (unpaired) electrons. The van der Waals surface area contributed by atoms with Crippen molar-refractivity contribution in [3.8, 4) is 33.8 Å². The van der Waals surface area contributed by atoms with Gasteiger partial charge in [0, 0.05) is 39.5 Å². The number of rotatable bonds is 3. The van der Waals surface area contributed by atoms with Crippen molar-refractivity contribution in [2.24, 2.45) is 0 Å². The van der Waals surface area contributed by atoms with Crippen LogP contribution in [0.5, 0.6) is 0 Å². The fourth-order valence-corrected chi connectivity index (χ4v) is 3.42. The Bertz CT molecular complexity index is 1300. The number of hydrogen-bond acceptors (Lipinski definition) is 2. The maximum absolute atomic E-state index is 4.22. The number of hydrogen-bond donors (Lipinski definition) is 0. The predicted molar refractivity (Wildman–Crippen MR) is 155 cm³/mol. The summed E-state index contributed by atoms with van der Waals surface area (Å²) in [6.45, 7) is 0. The van der Waals surface area contributed by atoms with E-state index in [0.29, 0.717) is 0 Å². The van der Waals surface area contributed by atoms with Crippen molar-refractivity contribution >= 4 is 0 Å². The fraction of sp³-hybridized carbons (Fsp3) is 0. The molecule has 39 heavy (non-hydrogen) atoms. The monoisotopic (exact) mass is 684 g/mol. The van der Waals surface area contributed by atoms with Crippen LogP contribution in [0, 0.1) is 32.7 Å². The molecule has 0 aliphatic rings. The van der Waals surface area contributed by atoms with Crippen LogP contribution in [-0.4, -0.2) is 9.97 Å². The Hall–Kier alpha value is -4.37. The zero-order chi connectivity index (χ0) is 25.5. The van der Waals surface area contributed by atoms with Gasteiger partial charge in [0.15, 0.2) is 0 Å². The number of aromatic nitrogens is 3. The van der Waals surface area contributed by atoms with E-state index in [0.717, 1.165) is 33.8 Å². The average Bonchev–Trinajstić information content (AvgIpc) is 3.00. The second-order valence-electron chi connectivity index (χ2n) is 7.81. The first-order valence-electron chi connectivity index (χ1n) is 11.9. The van der Waals surface area contributed by atoms with Crippen molar-refractivity contribution in [1.82, 2.24) is 9.97 Å². The standard InChI is InChI=1S/C12H10N.2C11H8N.CH3.Ir/c1-13-10-6-5-9-12(13)11-7-3-2-4-8-11;2*1-2-6-10(7-3-1)11-8-4-5-9-12-11;;/h2-7,9-10H,1H2;2*1-6,8-9H;1H3;/q4*-1;. The van der Waals surface area contributed by atoms with Crippen molar-refractivity contribution in [2.45, 2.75) is 0 Å². The molecule has 6 rings (SSSR count). The Kier molecular flexibility index (Phi) is 13.6. The van der Waals surface area contributed by atoms with Crippen LogP contribution in [0.15, 0.2) is 146 Å². The molecule has 0 amide bonds. The van der Waals surface area contributed by atoms with Crippen LogP contribution in [0.3, 0.4) is 0 Å². The van der Waals surface area contributed by atoms with Gasteiger partial charge < -0.3 is 22.0 Å². The van der Waals surface area contributed by atoms with Crippen LogP contribution in [-0.2, 0) is 20.1 Å². The normalized spacial score (nSPS) is 9.23. The van der Waals surface area contributed by atoms with Gasteiger partial charge in [-0.3, -0.25) is 0 Å². The molecule has 0 bridgehead atoms. The van der Waals surface area contributed by atoms with Crippen molar-refractivity contribution in [2.75, 3.05) is 0 Å². The Balaban J connectivity index is 0.000000200. The summed E-state index contributed by atoms with van der Waals surface area (Å²) in [4.78, 5) is 8.44. The average molecular weight is 684 g/mol. The molecule has 3 aromatic heterocycles. The molecule has 0 unspecified atom stereocenters. The number of nitrogens with zero attached hydrogens (tertiary/aromatic N) is 3. The molecule has 0 N–H and O–H groups in total. The van der Waals surface area contributed by atoms with Gasteiger partial charge in [0.1, 0.15) is 5.69 Å². The summed E-state index contributed by atoms with van der Waals surface area (Å²) >= 11 is 0. The molecule has 6 aromatic rings. The molecule has 4 heteroatoms. The van der Waals surface area contributed by atoms with Gasteiger partial charge in [-0.05, 0) is 29.6 Å². The third-order valence-electron chi connectivity index (χ3n) is 5.23. The van der Waals surface area contributed by atoms with Crippen molar-refractivity contribution in [3.63, 3.8) is 0 Å². The molecule has 0 saturated heterocycles. The van der Waals surface area contributed by atoms with Crippen molar-refractivity contribution in [3.05, 3.63) is 179 Å². The smallest absolute Gasteiger partial charge is 0.115 e. The van der Waals surface area contributed by atoms with E-state index in [-0.39, 0.29) is 27.5 Å². The van der Waals surface area contributed by atoms with E-state index in [1.54, 1.807) is 12.4 Å². The van der Waals surface area contributed by atoms with E-state index in [9.17, 15) is 0 Å². The number of benzene rings is 3. The fourth-order valence-electron chi connectivity index (χ4n) is 3.42. The first-order chi connectivity index (χ1) is 18.3. The second-order valence-corrected chi connectivity index (χ2v) is 7.81. The SMILES string of the molecule is [CH2-][n+]1ccccc1-c1[c-]cccc1.[CH3-].[Ir].[c-]1ccccc1-c1ccccn1.[c-]1ccccc1-c1ccccn1. The van der Waals surface area contributed by atoms with Crippen LogP contribution < -0.4 is 4.57 Å². The zero-order valence-corrected chi connectivity index (χ0v) is 24.1. The van der Waals surface area contributed by atoms with E-state index >= 15 is 0 Å². The van der Waals surface area contributed by atoms with Crippen LogP contribution in [0.2, 0.25) is 0 Å². The largest absolute Gasteiger partial charge is 0.358 e. The minimum absolute atomic E-state index is 0. The molecular formula is C35H29IrN3-4. The molecule has 3 aromatic carbocycles. The Morgan fingerprint density at radius 1 is 0.513 bits per heavy atom. The topological polar surface area (TPSA) is 29.7 Å². The summed E-state index contributed by atoms with van der Waals surface area (Å²) in [5.41, 5.74) is 6.16. The first-order valence-corrected chi connectivity index (χ1v) is 11.9. The first kappa shape index (κ1) is 30.9. The van der Waals surface area contributed by atoms with E-state index in [1.807, 2.05) is 138 Å². The van der Waals surface area contributed by atoms with Gasteiger partial charge in [0.05, 0.1) is 6.20 Å².